The lowest BCUT2D eigenvalue weighted by atomic mass is 10.0. The van der Waals surface area contributed by atoms with E-state index in [1.807, 2.05) is 60.7 Å². The van der Waals surface area contributed by atoms with Gasteiger partial charge in [0.2, 0.25) is 0 Å². The molecule has 2 nitrogen and oxygen atoms in total. The summed E-state index contributed by atoms with van der Waals surface area (Å²) < 4.78 is 41.3. The van der Waals surface area contributed by atoms with Gasteiger partial charge in [-0.25, -0.2) is 0 Å². The van der Waals surface area contributed by atoms with Crippen LogP contribution in [-0.2, 0) is 19.1 Å². The average Bonchev–Trinajstić information content (AvgIpc) is 2.83. The molecule has 0 radical (unpaired) electrons. The Balaban J connectivity index is 1.39. The van der Waals surface area contributed by atoms with Gasteiger partial charge < -0.3 is 9.47 Å². The molecule has 0 heterocycles. The van der Waals surface area contributed by atoms with Crippen LogP contribution in [-0.4, -0.2) is 0 Å². The highest BCUT2D eigenvalue weighted by atomic mass is 19.3. The first-order valence-electron chi connectivity index (χ1n) is 10.0. The fourth-order valence-corrected chi connectivity index (χ4v) is 3.17. The van der Waals surface area contributed by atoms with E-state index in [1.54, 1.807) is 24.3 Å². The van der Waals surface area contributed by atoms with Crippen molar-refractivity contribution in [2.75, 3.05) is 0 Å². The maximum absolute atomic E-state index is 15.0. The van der Waals surface area contributed by atoms with Crippen molar-refractivity contribution in [3.63, 3.8) is 0 Å². The topological polar surface area (TPSA) is 18.5 Å². The van der Waals surface area contributed by atoms with Crippen LogP contribution in [0.1, 0.15) is 22.3 Å². The van der Waals surface area contributed by atoms with E-state index < -0.39 is 5.92 Å². The highest BCUT2D eigenvalue weighted by Gasteiger charge is 2.33. The van der Waals surface area contributed by atoms with Gasteiger partial charge in [0.25, 0.3) is 5.92 Å². The molecule has 0 N–H and O–H groups in total. The number of ether oxygens (including phenoxy) is 2. The van der Waals surface area contributed by atoms with Crippen LogP contribution in [0.2, 0.25) is 0 Å². The zero-order chi connectivity index (χ0) is 21.5. The molecule has 4 aromatic carbocycles. The summed E-state index contributed by atoms with van der Waals surface area (Å²) in [7, 11) is 0. The summed E-state index contributed by atoms with van der Waals surface area (Å²) in [6.07, 6.45) is 0. The lowest BCUT2D eigenvalue weighted by Gasteiger charge is -2.18. The molecule has 0 spiro atoms. The molecule has 0 unspecified atom stereocenters. The molecule has 0 aliphatic carbocycles. The Labute approximate surface area is 180 Å². The van der Waals surface area contributed by atoms with Crippen LogP contribution >= 0.6 is 0 Å². The maximum atomic E-state index is 15.0. The highest BCUT2D eigenvalue weighted by molar-refractivity contribution is 5.39. The van der Waals surface area contributed by atoms with E-state index in [0.29, 0.717) is 24.7 Å². The quantitative estimate of drug-likeness (QED) is 0.308. The third kappa shape index (κ3) is 5.28. The zero-order valence-corrected chi connectivity index (χ0v) is 16.9. The summed E-state index contributed by atoms with van der Waals surface area (Å²) in [6, 6.07) is 31.3. The molecule has 0 fully saturated rings. The fourth-order valence-electron chi connectivity index (χ4n) is 3.17. The summed E-state index contributed by atoms with van der Waals surface area (Å²) in [4.78, 5) is 0. The number of hydrogen-bond donors (Lipinski definition) is 0. The predicted octanol–water partition coefficient (Wildman–Crippen LogP) is 6.98. The lowest BCUT2D eigenvalue weighted by Crippen LogP contribution is -2.15. The van der Waals surface area contributed by atoms with Gasteiger partial charge in [-0.05, 0) is 59.7 Å². The number of halogens is 2. The molecule has 0 saturated heterocycles. The van der Waals surface area contributed by atoms with Crippen LogP contribution in [0.5, 0.6) is 11.5 Å². The average molecular weight is 416 g/mol. The third-order valence-corrected chi connectivity index (χ3v) is 4.93. The summed E-state index contributed by atoms with van der Waals surface area (Å²) in [5, 5.41) is 0. The van der Waals surface area contributed by atoms with Crippen molar-refractivity contribution >= 4 is 0 Å². The van der Waals surface area contributed by atoms with Gasteiger partial charge in [0.1, 0.15) is 24.7 Å². The Morgan fingerprint density at radius 2 is 0.839 bits per heavy atom. The van der Waals surface area contributed by atoms with Crippen LogP contribution in [0.4, 0.5) is 8.78 Å². The van der Waals surface area contributed by atoms with Gasteiger partial charge >= 0.3 is 0 Å². The van der Waals surface area contributed by atoms with Crippen LogP contribution < -0.4 is 9.47 Å². The van der Waals surface area contributed by atoms with E-state index in [9.17, 15) is 8.78 Å². The molecule has 0 aliphatic rings. The van der Waals surface area contributed by atoms with Crippen LogP contribution in [0.3, 0.4) is 0 Å². The molecular weight excluding hydrogens is 394 g/mol. The molecule has 0 atom stereocenters. The first kappa shape index (κ1) is 20.6. The summed E-state index contributed by atoms with van der Waals surface area (Å²) in [5.41, 5.74) is 1.87. The molecule has 0 aliphatic heterocycles. The summed E-state index contributed by atoms with van der Waals surface area (Å²) in [6.45, 7) is 0.780. The summed E-state index contributed by atoms with van der Waals surface area (Å²) in [5.74, 6) is -2.02. The monoisotopic (exact) mass is 416 g/mol. The Morgan fingerprint density at radius 1 is 0.484 bits per heavy atom. The molecule has 0 saturated carbocycles. The molecule has 156 valence electrons. The third-order valence-electron chi connectivity index (χ3n) is 4.93. The lowest BCUT2D eigenvalue weighted by molar-refractivity contribution is 0.0427. The van der Waals surface area contributed by atoms with E-state index in [2.05, 4.69) is 0 Å². The summed E-state index contributed by atoms with van der Waals surface area (Å²) >= 11 is 0. The number of rotatable bonds is 8. The Morgan fingerprint density at radius 3 is 1.19 bits per heavy atom. The van der Waals surface area contributed by atoms with Crippen molar-refractivity contribution < 1.29 is 18.3 Å². The smallest absolute Gasteiger partial charge is 0.298 e. The second-order valence-electron chi connectivity index (χ2n) is 7.17. The van der Waals surface area contributed by atoms with E-state index in [1.165, 1.54) is 24.3 Å². The minimum absolute atomic E-state index is 0.0856. The zero-order valence-electron chi connectivity index (χ0n) is 16.9. The SMILES string of the molecule is FC(F)(c1ccc(OCc2ccccc2)cc1)c1ccc(OCc2ccccc2)cc1. The minimum atomic E-state index is -3.12. The highest BCUT2D eigenvalue weighted by Crippen LogP contribution is 2.37. The molecule has 4 rings (SSSR count). The van der Waals surface area contributed by atoms with Gasteiger partial charge in [-0.15, -0.1) is 0 Å². The second kappa shape index (κ2) is 9.43. The molecule has 4 aromatic rings. The molecule has 4 heteroatoms. The maximum Gasteiger partial charge on any atom is 0.298 e. The van der Waals surface area contributed by atoms with Gasteiger partial charge in [-0.2, -0.15) is 8.78 Å². The Hall–Kier alpha value is -3.66. The molecule has 0 amide bonds. The van der Waals surface area contributed by atoms with Crippen molar-refractivity contribution in [1.29, 1.82) is 0 Å². The first-order valence-corrected chi connectivity index (χ1v) is 10.0. The van der Waals surface area contributed by atoms with Gasteiger partial charge in [0.05, 0.1) is 0 Å². The largest absolute Gasteiger partial charge is 0.489 e. The van der Waals surface area contributed by atoms with Gasteiger partial charge in [-0.3, -0.25) is 0 Å². The van der Waals surface area contributed by atoms with Crippen molar-refractivity contribution in [2.45, 2.75) is 19.1 Å². The number of alkyl halides is 2. The molecule has 0 bridgehead atoms. The number of hydrogen-bond acceptors (Lipinski definition) is 2. The fraction of sp³-hybridized carbons (Fsp3) is 0.111. The Bertz CT molecular complexity index is 989. The van der Waals surface area contributed by atoms with E-state index in [4.69, 9.17) is 9.47 Å². The van der Waals surface area contributed by atoms with Crippen molar-refractivity contribution in [1.82, 2.24) is 0 Å². The first-order chi connectivity index (χ1) is 15.1. The molecule has 0 aromatic heterocycles. The van der Waals surface area contributed by atoms with Crippen molar-refractivity contribution in [3.8, 4) is 11.5 Å². The van der Waals surface area contributed by atoms with Gasteiger partial charge in [-0.1, -0.05) is 60.7 Å². The second-order valence-corrected chi connectivity index (χ2v) is 7.17. The standard InChI is InChI=1S/C27H22F2O2/c28-27(29,23-11-15-25(16-12-23)30-19-21-7-3-1-4-8-21)24-13-17-26(18-14-24)31-20-22-9-5-2-6-10-22/h1-18H,19-20H2. The van der Waals surface area contributed by atoms with E-state index in [-0.39, 0.29) is 11.1 Å². The van der Waals surface area contributed by atoms with Crippen molar-refractivity contribution in [2.24, 2.45) is 0 Å². The van der Waals surface area contributed by atoms with Crippen LogP contribution in [0.15, 0.2) is 109 Å². The molecule has 31 heavy (non-hydrogen) atoms. The Kier molecular flexibility index (Phi) is 6.27. The molecular formula is C27H22F2O2. The van der Waals surface area contributed by atoms with Crippen LogP contribution in [0, 0.1) is 0 Å². The normalized spacial score (nSPS) is 11.2. The van der Waals surface area contributed by atoms with E-state index >= 15 is 0 Å². The minimum Gasteiger partial charge on any atom is -0.489 e. The van der Waals surface area contributed by atoms with Gasteiger partial charge in [0.15, 0.2) is 0 Å². The van der Waals surface area contributed by atoms with E-state index in [0.717, 1.165) is 11.1 Å². The predicted molar refractivity (Wildman–Crippen MR) is 117 cm³/mol. The van der Waals surface area contributed by atoms with Gasteiger partial charge in [0, 0.05) is 11.1 Å². The van der Waals surface area contributed by atoms with Crippen molar-refractivity contribution in [3.05, 3.63) is 131 Å². The van der Waals surface area contributed by atoms with Crippen LogP contribution in [0.25, 0.3) is 0 Å². The number of benzene rings is 4.